The first kappa shape index (κ1) is 16.7. The van der Waals surface area contributed by atoms with Gasteiger partial charge in [-0.15, -0.1) is 0 Å². The number of nitrogens with one attached hydrogen (secondary N) is 2. The van der Waals surface area contributed by atoms with E-state index in [1.165, 1.54) is 6.07 Å². The van der Waals surface area contributed by atoms with E-state index in [2.05, 4.69) is 26.6 Å². The molecule has 22 heavy (non-hydrogen) atoms. The Balaban J connectivity index is 1.75. The maximum absolute atomic E-state index is 12.6. The molecule has 118 valence electrons. The zero-order chi connectivity index (χ0) is 16.0. The molecule has 0 spiro atoms. The van der Waals surface area contributed by atoms with E-state index in [-0.39, 0.29) is 0 Å². The number of anilines is 2. The lowest BCUT2D eigenvalue weighted by molar-refractivity contribution is -0.137. The summed E-state index contributed by atoms with van der Waals surface area (Å²) in [5, 5.41) is 6.26. The number of hydrogen-bond acceptors (Lipinski definition) is 2. The van der Waals surface area contributed by atoms with Gasteiger partial charge in [0.2, 0.25) is 0 Å². The van der Waals surface area contributed by atoms with E-state index in [0.717, 1.165) is 35.3 Å². The molecule has 0 aromatic heterocycles. The molecule has 0 bridgehead atoms. The van der Waals surface area contributed by atoms with Gasteiger partial charge in [-0.3, -0.25) is 0 Å². The third kappa shape index (κ3) is 5.26. The maximum atomic E-state index is 12.6. The summed E-state index contributed by atoms with van der Waals surface area (Å²) in [6, 6.07) is 13.1. The first-order chi connectivity index (χ1) is 10.4. The molecule has 0 radical (unpaired) electrons. The fraction of sp³-hybridized carbons (Fsp3) is 0.250. The molecule has 0 amide bonds. The highest BCUT2D eigenvalue weighted by Gasteiger charge is 2.30. The van der Waals surface area contributed by atoms with Crippen molar-refractivity contribution < 1.29 is 13.2 Å². The Kier molecular flexibility index (Phi) is 5.71. The highest BCUT2D eigenvalue weighted by Crippen LogP contribution is 2.30. The molecule has 0 aliphatic heterocycles. The van der Waals surface area contributed by atoms with Crippen molar-refractivity contribution in [1.82, 2.24) is 0 Å². The minimum absolute atomic E-state index is 0.484. The van der Waals surface area contributed by atoms with Crippen LogP contribution in [0.1, 0.15) is 12.0 Å². The van der Waals surface area contributed by atoms with E-state index < -0.39 is 11.7 Å². The molecular weight excluding hydrogens is 357 g/mol. The van der Waals surface area contributed by atoms with Crippen molar-refractivity contribution in [3.63, 3.8) is 0 Å². The molecule has 2 nitrogen and oxygen atoms in total. The molecule has 2 aromatic rings. The van der Waals surface area contributed by atoms with E-state index >= 15 is 0 Å². The molecule has 0 saturated carbocycles. The van der Waals surface area contributed by atoms with Crippen molar-refractivity contribution >= 4 is 27.3 Å². The van der Waals surface area contributed by atoms with Crippen LogP contribution in [0.2, 0.25) is 0 Å². The molecule has 0 atom stereocenters. The molecule has 0 unspecified atom stereocenters. The molecule has 0 saturated heterocycles. The quantitative estimate of drug-likeness (QED) is 0.665. The standard InChI is InChI=1S/C16H16BrF3N2/c17-13-5-2-7-15(11-13)22-9-3-8-21-14-6-1-4-12(10-14)16(18,19)20/h1-2,4-7,10-11,21-22H,3,8-9H2. The van der Waals surface area contributed by atoms with E-state index in [4.69, 9.17) is 0 Å². The second-order valence-electron chi connectivity index (χ2n) is 4.80. The maximum Gasteiger partial charge on any atom is 0.416 e. The molecule has 0 aliphatic carbocycles. The highest BCUT2D eigenvalue weighted by atomic mass is 79.9. The first-order valence-corrected chi connectivity index (χ1v) is 7.65. The van der Waals surface area contributed by atoms with Gasteiger partial charge in [0.25, 0.3) is 0 Å². The van der Waals surface area contributed by atoms with Crippen molar-refractivity contribution in [2.75, 3.05) is 23.7 Å². The van der Waals surface area contributed by atoms with Crippen LogP contribution in [0.25, 0.3) is 0 Å². The number of alkyl halides is 3. The lowest BCUT2D eigenvalue weighted by Crippen LogP contribution is -2.10. The highest BCUT2D eigenvalue weighted by molar-refractivity contribution is 9.10. The van der Waals surface area contributed by atoms with Gasteiger partial charge in [-0.05, 0) is 42.8 Å². The van der Waals surface area contributed by atoms with E-state index in [9.17, 15) is 13.2 Å². The summed E-state index contributed by atoms with van der Waals surface area (Å²) in [4.78, 5) is 0. The zero-order valence-corrected chi connectivity index (χ0v) is 13.3. The second-order valence-corrected chi connectivity index (χ2v) is 5.71. The predicted octanol–water partition coefficient (Wildman–Crippen LogP) is 5.38. The van der Waals surface area contributed by atoms with Crippen molar-refractivity contribution in [3.8, 4) is 0 Å². The van der Waals surface area contributed by atoms with Gasteiger partial charge in [0.1, 0.15) is 0 Å². The van der Waals surface area contributed by atoms with Gasteiger partial charge in [0, 0.05) is 28.9 Å². The number of rotatable bonds is 6. The Hall–Kier alpha value is -1.69. The van der Waals surface area contributed by atoms with Crippen LogP contribution in [-0.4, -0.2) is 13.1 Å². The minimum Gasteiger partial charge on any atom is -0.385 e. The average Bonchev–Trinajstić information content (AvgIpc) is 2.46. The summed E-state index contributed by atoms with van der Waals surface area (Å²) in [5.74, 6) is 0. The van der Waals surface area contributed by atoms with Crippen molar-refractivity contribution in [3.05, 3.63) is 58.6 Å². The summed E-state index contributed by atoms with van der Waals surface area (Å²) in [6.07, 6.45) is -3.51. The van der Waals surface area contributed by atoms with Gasteiger partial charge in [-0.1, -0.05) is 28.1 Å². The van der Waals surface area contributed by atoms with Crippen molar-refractivity contribution in [2.45, 2.75) is 12.6 Å². The normalized spacial score (nSPS) is 11.3. The Bertz CT molecular complexity index is 614. The fourth-order valence-corrected chi connectivity index (χ4v) is 2.36. The Morgan fingerprint density at radius 3 is 2.05 bits per heavy atom. The Morgan fingerprint density at radius 1 is 0.864 bits per heavy atom. The van der Waals surface area contributed by atoms with E-state index in [0.29, 0.717) is 12.2 Å². The van der Waals surface area contributed by atoms with Crippen LogP contribution in [0.15, 0.2) is 53.0 Å². The SMILES string of the molecule is FC(F)(F)c1cccc(NCCCNc2cccc(Br)c2)c1. The fourth-order valence-electron chi connectivity index (χ4n) is 1.96. The predicted molar refractivity (Wildman–Crippen MR) is 87.2 cm³/mol. The van der Waals surface area contributed by atoms with Crippen LogP contribution in [0.3, 0.4) is 0 Å². The van der Waals surface area contributed by atoms with Gasteiger partial charge in [-0.2, -0.15) is 13.2 Å². The molecule has 0 aliphatic rings. The third-order valence-electron chi connectivity index (χ3n) is 3.03. The first-order valence-electron chi connectivity index (χ1n) is 6.86. The second kappa shape index (κ2) is 7.54. The molecule has 0 fully saturated rings. The number of hydrogen-bond donors (Lipinski definition) is 2. The average molecular weight is 373 g/mol. The Labute approximate surface area is 135 Å². The van der Waals surface area contributed by atoms with E-state index in [1.54, 1.807) is 6.07 Å². The molecule has 0 heterocycles. The topological polar surface area (TPSA) is 24.1 Å². The van der Waals surface area contributed by atoms with Crippen LogP contribution in [0.5, 0.6) is 0 Å². The number of halogens is 4. The van der Waals surface area contributed by atoms with Crippen molar-refractivity contribution in [1.29, 1.82) is 0 Å². The monoisotopic (exact) mass is 372 g/mol. The van der Waals surface area contributed by atoms with Gasteiger partial charge in [0.05, 0.1) is 5.56 Å². The summed E-state index contributed by atoms with van der Waals surface area (Å²) < 4.78 is 38.8. The zero-order valence-electron chi connectivity index (χ0n) is 11.8. The van der Waals surface area contributed by atoms with Crippen LogP contribution in [0.4, 0.5) is 24.5 Å². The number of benzene rings is 2. The molecule has 2 rings (SSSR count). The van der Waals surface area contributed by atoms with Crippen LogP contribution < -0.4 is 10.6 Å². The molecular formula is C16H16BrF3N2. The minimum atomic E-state index is -4.31. The molecule has 6 heteroatoms. The summed E-state index contributed by atoms with van der Waals surface area (Å²) in [5.41, 5.74) is 0.857. The van der Waals surface area contributed by atoms with Crippen molar-refractivity contribution in [2.24, 2.45) is 0 Å². The molecule has 2 aromatic carbocycles. The van der Waals surface area contributed by atoms with Gasteiger partial charge in [0.15, 0.2) is 0 Å². The summed E-state index contributed by atoms with van der Waals surface area (Å²) >= 11 is 3.39. The van der Waals surface area contributed by atoms with Crippen LogP contribution in [0, 0.1) is 0 Å². The van der Waals surface area contributed by atoms with E-state index in [1.807, 2.05) is 24.3 Å². The van der Waals surface area contributed by atoms with Crippen LogP contribution in [-0.2, 0) is 6.18 Å². The van der Waals surface area contributed by atoms with Gasteiger partial charge >= 0.3 is 6.18 Å². The van der Waals surface area contributed by atoms with Crippen LogP contribution >= 0.6 is 15.9 Å². The molecule has 2 N–H and O–H groups in total. The lowest BCUT2D eigenvalue weighted by atomic mass is 10.2. The largest absolute Gasteiger partial charge is 0.416 e. The summed E-state index contributed by atoms with van der Waals surface area (Å²) in [7, 11) is 0. The smallest absolute Gasteiger partial charge is 0.385 e. The third-order valence-corrected chi connectivity index (χ3v) is 3.52. The summed E-state index contributed by atoms with van der Waals surface area (Å²) in [6.45, 7) is 1.34. The Morgan fingerprint density at radius 2 is 1.45 bits per heavy atom. The van der Waals surface area contributed by atoms with Gasteiger partial charge in [-0.25, -0.2) is 0 Å². The lowest BCUT2D eigenvalue weighted by Gasteiger charge is -2.11. The van der Waals surface area contributed by atoms with Gasteiger partial charge < -0.3 is 10.6 Å².